The van der Waals surface area contributed by atoms with E-state index in [1.807, 2.05) is 0 Å². The highest BCUT2D eigenvalue weighted by Crippen LogP contribution is 2.61. The quantitative estimate of drug-likeness (QED) is 0.713. The summed E-state index contributed by atoms with van der Waals surface area (Å²) in [6.45, 7) is 10.6. The Bertz CT molecular complexity index is 478. The fourth-order valence-electron chi connectivity index (χ4n) is 5.72. The minimum atomic E-state index is 0. The van der Waals surface area contributed by atoms with Crippen LogP contribution in [0.25, 0.3) is 0 Å². The highest BCUT2D eigenvalue weighted by Gasteiger charge is 2.53. The fourth-order valence-corrected chi connectivity index (χ4v) is 5.72. The van der Waals surface area contributed by atoms with E-state index < -0.39 is 0 Å². The first-order chi connectivity index (χ1) is 9.90. The Labute approximate surface area is 143 Å². The van der Waals surface area contributed by atoms with Crippen LogP contribution in [0.1, 0.15) is 66.2 Å². The molecule has 0 aliphatic heterocycles. The topological polar surface area (TPSA) is 26.0 Å². The molecule has 0 aromatic heterocycles. The van der Waals surface area contributed by atoms with Crippen LogP contribution in [0.2, 0.25) is 0 Å². The Hall–Kier alpha value is -0.270. The van der Waals surface area contributed by atoms with E-state index in [1.165, 1.54) is 38.5 Å². The Morgan fingerprint density at radius 3 is 2.64 bits per heavy atom. The van der Waals surface area contributed by atoms with Gasteiger partial charge in [-0.05, 0) is 72.8 Å². The largest absolute Gasteiger partial charge is 0.330 e. The molecule has 1 fully saturated rings. The van der Waals surface area contributed by atoms with Crippen LogP contribution < -0.4 is 5.73 Å². The zero-order valence-corrected chi connectivity index (χ0v) is 15.6. The third-order valence-electron chi connectivity index (χ3n) is 7.17. The average molecular weight is 324 g/mol. The van der Waals surface area contributed by atoms with Gasteiger partial charge in [-0.1, -0.05) is 51.8 Å². The number of halogens is 1. The van der Waals surface area contributed by atoms with Crippen LogP contribution in [-0.2, 0) is 0 Å². The molecule has 0 aromatic rings. The van der Waals surface area contributed by atoms with E-state index in [1.54, 1.807) is 11.1 Å². The maximum Gasteiger partial charge on any atom is -0.00202 e. The Morgan fingerprint density at radius 2 is 2.00 bits per heavy atom. The molecule has 126 valence electrons. The first-order valence-corrected chi connectivity index (χ1v) is 9.01. The van der Waals surface area contributed by atoms with Crippen molar-refractivity contribution >= 4 is 12.4 Å². The van der Waals surface area contributed by atoms with Crippen molar-refractivity contribution in [1.82, 2.24) is 0 Å². The summed E-state index contributed by atoms with van der Waals surface area (Å²) in [6.07, 6.45) is 13.1. The van der Waals surface area contributed by atoms with E-state index in [4.69, 9.17) is 5.73 Å². The fraction of sp³-hybridized carbons (Fsp3) is 0.800. The number of nitrogens with two attached hydrogens (primary N) is 1. The Balaban J connectivity index is 0.00000176. The molecule has 4 unspecified atom stereocenters. The van der Waals surface area contributed by atoms with Gasteiger partial charge in [-0.15, -0.1) is 12.4 Å². The summed E-state index contributed by atoms with van der Waals surface area (Å²) in [6, 6.07) is 0. The predicted octanol–water partition coefficient (Wildman–Crippen LogP) is 5.50. The van der Waals surface area contributed by atoms with Crippen molar-refractivity contribution in [2.45, 2.75) is 66.2 Å². The third kappa shape index (κ3) is 2.69. The molecule has 22 heavy (non-hydrogen) atoms. The van der Waals surface area contributed by atoms with Crippen molar-refractivity contribution in [2.75, 3.05) is 6.54 Å². The number of hydrogen-bond acceptors (Lipinski definition) is 1. The van der Waals surface area contributed by atoms with Gasteiger partial charge in [0.1, 0.15) is 0 Å². The summed E-state index contributed by atoms with van der Waals surface area (Å²) >= 11 is 0. The van der Waals surface area contributed by atoms with Gasteiger partial charge >= 0.3 is 0 Å². The van der Waals surface area contributed by atoms with E-state index in [-0.39, 0.29) is 12.4 Å². The second kappa shape index (κ2) is 6.32. The van der Waals surface area contributed by atoms with Crippen LogP contribution in [0.4, 0.5) is 0 Å². The van der Waals surface area contributed by atoms with Gasteiger partial charge in [0.25, 0.3) is 0 Å². The lowest BCUT2D eigenvalue weighted by molar-refractivity contribution is -0.0438. The SMILES string of the molecule is CC(C)C1=CC2=CCC3C(C)(CN)CCCC3(C)C2CC1.Cl. The lowest BCUT2D eigenvalue weighted by Gasteiger charge is -2.58. The molecule has 1 saturated carbocycles. The highest BCUT2D eigenvalue weighted by molar-refractivity contribution is 5.85. The van der Waals surface area contributed by atoms with E-state index in [2.05, 4.69) is 39.8 Å². The number of rotatable bonds is 2. The third-order valence-corrected chi connectivity index (χ3v) is 7.17. The van der Waals surface area contributed by atoms with Crippen molar-refractivity contribution in [3.63, 3.8) is 0 Å². The van der Waals surface area contributed by atoms with E-state index in [0.29, 0.717) is 16.7 Å². The molecule has 1 nitrogen and oxygen atoms in total. The van der Waals surface area contributed by atoms with Gasteiger partial charge in [-0.25, -0.2) is 0 Å². The second-order valence-electron chi connectivity index (χ2n) is 8.68. The molecular weight excluding hydrogens is 290 g/mol. The normalized spacial score (nSPS) is 41.0. The molecule has 4 atom stereocenters. The zero-order valence-electron chi connectivity index (χ0n) is 14.8. The molecule has 3 rings (SSSR count). The molecular formula is C20H34ClN. The summed E-state index contributed by atoms with van der Waals surface area (Å²) < 4.78 is 0. The summed E-state index contributed by atoms with van der Waals surface area (Å²) in [5.41, 5.74) is 10.4. The van der Waals surface area contributed by atoms with Gasteiger partial charge in [-0.2, -0.15) is 0 Å². The summed E-state index contributed by atoms with van der Waals surface area (Å²) in [5.74, 6) is 2.27. The van der Waals surface area contributed by atoms with E-state index in [9.17, 15) is 0 Å². The van der Waals surface area contributed by atoms with Crippen molar-refractivity contribution in [3.05, 3.63) is 23.3 Å². The molecule has 2 N–H and O–H groups in total. The predicted molar refractivity (Wildman–Crippen MR) is 98.2 cm³/mol. The standard InChI is InChI=1S/C20H33N.ClH/c1-14(2)15-6-8-17-16(12-15)7-9-18-19(3,13-21)10-5-11-20(17,18)4;/h7,12,14,17-18H,5-6,8-11,13,21H2,1-4H3;1H. The van der Waals surface area contributed by atoms with Crippen LogP contribution >= 0.6 is 12.4 Å². The zero-order chi connectivity index (χ0) is 15.3. The van der Waals surface area contributed by atoms with Gasteiger partial charge in [-0.3, -0.25) is 0 Å². The minimum absolute atomic E-state index is 0. The molecule has 0 saturated heterocycles. The van der Waals surface area contributed by atoms with Crippen molar-refractivity contribution < 1.29 is 0 Å². The molecule has 0 radical (unpaired) electrons. The van der Waals surface area contributed by atoms with Crippen LogP contribution in [0.5, 0.6) is 0 Å². The number of hydrogen-bond donors (Lipinski definition) is 1. The smallest absolute Gasteiger partial charge is 0.00202 e. The molecule has 3 aliphatic carbocycles. The van der Waals surface area contributed by atoms with Crippen molar-refractivity contribution in [2.24, 2.45) is 34.3 Å². The molecule has 3 aliphatic rings. The summed E-state index contributed by atoms with van der Waals surface area (Å²) in [7, 11) is 0. The van der Waals surface area contributed by atoms with Crippen LogP contribution in [0.3, 0.4) is 0 Å². The first-order valence-electron chi connectivity index (χ1n) is 9.01. The van der Waals surface area contributed by atoms with Crippen molar-refractivity contribution in [1.29, 1.82) is 0 Å². The van der Waals surface area contributed by atoms with Gasteiger partial charge in [0, 0.05) is 0 Å². The van der Waals surface area contributed by atoms with Crippen LogP contribution in [-0.4, -0.2) is 6.54 Å². The maximum absolute atomic E-state index is 6.20. The molecule has 0 amide bonds. The average Bonchev–Trinajstić information content (AvgIpc) is 2.46. The number of allylic oxidation sites excluding steroid dienone is 4. The lowest BCUT2D eigenvalue weighted by atomic mass is 9.47. The Morgan fingerprint density at radius 1 is 1.27 bits per heavy atom. The summed E-state index contributed by atoms with van der Waals surface area (Å²) in [5, 5.41) is 0. The highest BCUT2D eigenvalue weighted by atomic mass is 35.5. The monoisotopic (exact) mass is 323 g/mol. The lowest BCUT2D eigenvalue weighted by Crippen LogP contribution is -2.52. The van der Waals surface area contributed by atoms with Gasteiger partial charge in [0.15, 0.2) is 0 Å². The maximum atomic E-state index is 6.20. The second-order valence-corrected chi connectivity index (χ2v) is 8.68. The summed E-state index contributed by atoms with van der Waals surface area (Å²) in [4.78, 5) is 0. The minimum Gasteiger partial charge on any atom is -0.330 e. The van der Waals surface area contributed by atoms with E-state index in [0.717, 1.165) is 18.4 Å². The van der Waals surface area contributed by atoms with Crippen LogP contribution in [0, 0.1) is 28.6 Å². The van der Waals surface area contributed by atoms with Gasteiger partial charge in [0.2, 0.25) is 0 Å². The molecule has 0 aromatic carbocycles. The molecule has 0 spiro atoms. The van der Waals surface area contributed by atoms with E-state index >= 15 is 0 Å². The van der Waals surface area contributed by atoms with Gasteiger partial charge in [0.05, 0.1) is 0 Å². The first kappa shape index (κ1) is 18.1. The van der Waals surface area contributed by atoms with Crippen molar-refractivity contribution in [3.8, 4) is 0 Å². The van der Waals surface area contributed by atoms with Crippen LogP contribution in [0.15, 0.2) is 23.3 Å². The Kier molecular flexibility index (Phi) is 5.19. The molecule has 0 heterocycles. The van der Waals surface area contributed by atoms with Gasteiger partial charge < -0.3 is 5.73 Å². The molecule has 2 heteroatoms. The number of fused-ring (bicyclic) bond motifs is 3. The molecule has 0 bridgehead atoms.